The second-order valence-corrected chi connectivity index (χ2v) is 21.2. The number of rotatable bonds is 26. The Labute approximate surface area is 413 Å². The topological polar surface area (TPSA) is 98.7 Å². The third-order valence-corrected chi connectivity index (χ3v) is 16.4. The molecule has 0 saturated heterocycles. The zero-order valence-corrected chi connectivity index (χ0v) is 42.2. The summed E-state index contributed by atoms with van der Waals surface area (Å²) in [7, 11) is 0. The molecule has 7 rings (SSSR count). The standard InChI is InChI=1S/C58H81N3O6S/c1-4-7-8-13-37-61(58-60-53-17-11-12-18-55(53)68-58)59-41-50-40-49(47-29-27-46(28-30-47)45-23-19-43(16-5-2)20-24-45)31-36-54(50)66-42-44-21-25-48(26-22-44)57(63)67-52-34-32-51(33-35-52)64-38-14-9-10-15-39-65-56(62)6-3/h6,11-12,17-18,31-36,40-41,43-48,58,60H,3-5,7-10,13-16,19-30,37-39,42H2,1-2H3/b59-41+. The highest BCUT2D eigenvalue weighted by atomic mass is 32.2. The van der Waals surface area contributed by atoms with Crippen LogP contribution in [0, 0.1) is 29.6 Å². The lowest BCUT2D eigenvalue weighted by Crippen LogP contribution is -2.33. The number of esters is 2. The summed E-state index contributed by atoms with van der Waals surface area (Å²) in [6.07, 6.45) is 28.9. The molecule has 0 aromatic heterocycles. The van der Waals surface area contributed by atoms with E-state index in [1.54, 1.807) is 0 Å². The Morgan fingerprint density at radius 3 is 2.15 bits per heavy atom. The van der Waals surface area contributed by atoms with Gasteiger partial charge in [0.15, 0.2) is 5.50 Å². The van der Waals surface area contributed by atoms with Crippen molar-refractivity contribution in [2.45, 2.75) is 171 Å². The van der Waals surface area contributed by atoms with Crippen LogP contribution in [-0.4, -0.2) is 55.0 Å². The first kappa shape index (κ1) is 51.4. The van der Waals surface area contributed by atoms with E-state index in [-0.39, 0.29) is 23.4 Å². The molecule has 9 nitrogen and oxygen atoms in total. The first-order valence-electron chi connectivity index (χ1n) is 26.7. The molecule has 3 aromatic rings. The van der Waals surface area contributed by atoms with Gasteiger partial charge in [0.2, 0.25) is 0 Å². The van der Waals surface area contributed by atoms with E-state index in [0.29, 0.717) is 37.4 Å². The Morgan fingerprint density at radius 2 is 1.43 bits per heavy atom. The zero-order chi connectivity index (χ0) is 47.3. The predicted octanol–water partition coefficient (Wildman–Crippen LogP) is 14.7. The maximum atomic E-state index is 13.3. The molecule has 1 atom stereocenters. The molecule has 10 heteroatoms. The van der Waals surface area contributed by atoms with E-state index >= 15 is 0 Å². The van der Waals surface area contributed by atoms with Gasteiger partial charge in [-0.25, -0.2) is 4.79 Å². The van der Waals surface area contributed by atoms with Gasteiger partial charge in [-0.1, -0.05) is 95.3 Å². The molecule has 4 aliphatic rings. The molecule has 3 aromatic carbocycles. The number of carbonyl (C=O) groups excluding carboxylic acids is 2. The van der Waals surface area contributed by atoms with Gasteiger partial charge < -0.3 is 24.3 Å². The van der Waals surface area contributed by atoms with Gasteiger partial charge in [-0.2, -0.15) is 5.10 Å². The van der Waals surface area contributed by atoms with Gasteiger partial charge in [0, 0.05) is 23.1 Å². The first-order valence-corrected chi connectivity index (χ1v) is 27.6. The minimum Gasteiger partial charge on any atom is -0.494 e. The van der Waals surface area contributed by atoms with Gasteiger partial charge >= 0.3 is 11.9 Å². The van der Waals surface area contributed by atoms with Crippen LogP contribution in [0.2, 0.25) is 0 Å². The van der Waals surface area contributed by atoms with Gasteiger partial charge in [-0.3, -0.25) is 9.80 Å². The minimum absolute atomic E-state index is 0.0431. The number of hydrogen-bond donors (Lipinski definition) is 1. The number of carbonyl (C=O) groups is 2. The maximum Gasteiger partial charge on any atom is 0.330 e. The summed E-state index contributed by atoms with van der Waals surface area (Å²) in [4.78, 5) is 25.7. The lowest BCUT2D eigenvalue weighted by atomic mass is 9.68. The molecular weight excluding hydrogens is 867 g/mol. The maximum absolute atomic E-state index is 13.3. The number of benzene rings is 3. The smallest absolute Gasteiger partial charge is 0.330 e. The van der Waals surface area contributed by atoms with Crippen molar-refractivity contribution in [3.8, 4) is 17.2 Å². The third-order valence-electron chi connectivity index (χ3n) is 15.2. The van der Waals surface area contributed by atoms with Gasteiger partial charge in [0.25, 0.3) is 0 Å². The Bertz CT molecular complexity index is 1990. The normalized spacial score (nSPS) is 23.6. The van der Waals surface area contributed by atoms with Crippen molar-refractivity contribution < 1.29 is 28.5 Å². The second-order valence-electron chi connectivity index (χ2n) is 20.1. The number of unbranched alkanes of at least 4 members (excludes halogenated alkanes) is 6. The molecule has 0 bridgehead atoms. The van der Waals surface area contributed by atoms with E-state index in [2.05, 4.69) is 79.4 Å². The molecule has 1 aliphatic heterocycles. The molecule has 0 amide bonds. The number of nitrogens with one attached hydrogen (secondary N) is 1. The van der Waals surface area contributed by atoms with E-state index in [0.717, 1.165) is 99.1 Å². The quantitative estimate of drug-likeness (QED) is 0.0211. The van der Waals surface area contributed by atoms with Crippen molar-refractivity contribution in [1.29, 1.82) is 0 Å². The number of fused-ring (bicyclic) bond motifs is 1. The van der Waals surface area contributed by atoms with Crippen LogP contribution >= 0.6 is 11.8 Å². The number of ether oxygens (including phenoxy) is 4. The van der Waals surface area contributed by atoms with Crippen molar-refractivity contribution in [1.82, 2.24) is 5.01 Å². The largest absolute Gasteiger partial charge is 0.494 e. The van der Waals surface area contributed by atoms with Crippen LogP contribution in [-0.2, 0) is 14.3 Å². The molecule has 370 valence electrons. The molecule has 68 heavy (non-hydrogen) atoms. The van der Waals surface area contributed by atoms with Crippen LogP contribution in [0.4, 0.5) is 5.69 Å². The van der Waals surface area contributed by atoms with Gasteiger partial charge in [0.1, 0.15) is 17.2 Å². The van der Waals surface area contributed by atoms with Crippen LogP contribution in [0.15, 0.2) is 89.4 Å². The van der Waals surface area contributed by atoms with E-state index in [1.807, 2.05) is 36.0 Å². The lowest BCUT2D eigenvalue weighted by molar-refractivity contribution is -0.140. The molecule has 3 saturated carbocycles. The summed E-state index contributed by atoms with van der Waals surface area (Å²) in [5.41, 5.74) is 3.71. The molecule has 1 heterocycles. The van der Waals surface area contributed by atoms with E-state index in [9.17, 15) is 9.59 Å². The fourth-order valence-corrected chi connectivity index (χ4v) is 12.2. The van der Waals surface area contributed by atoms with Gasteiger partial charge in [-0.15, -0.1) is 0 Å². The SMILES string of the molecule is C=CC(=O)OCCCCCCOc1ccc(OC(=O)C2CCC(COc3ccc(C4CCC(C5CCC(CCC)CC5)CC4)cc3/C=N/N(CCCCCC)C3Nc4ccccc4S3)CC2)cc1. The predicted molar refractivity (Wildman–Crippen MR) is 278 cm³/mol. The van der Waals surface area contributed by atoms with Gasteiger partial charge in [-0.05, 0) is 180 Å². The van der Waals surface area contributed by atoms with Gasteiger partial charge in [0.05, 0.1) is 37.6 Å². The van der Waals surface area contributed by atoms with Crippen molar-refractivity contribution in [2.75, 3.05) is 31.7 Å². The molecule has 0 radical (unpaired) electrons. The Balaban J connectivity index is 0.919. The highest BCUT2D eigenvalue weighted by Crippen LogP contribution is 2.45. The number of nitrogens with zero attached hydrogens (tertiary/aromatic N) is 2. The highest BCUT2D eigenvalue weighted by molar-refractivity contribution is 8.00. The van der Waals surface area contributed by atoms with Crippen LogP contribution in [0.3, 0.4) is 0 Å². The second kappa shape index (κ2) is 27.7. The lowest BCUT2D eigenvalue weighted by Gasteiger charge is -2.38. The summed E-state index contributed by atoms with van der Waals surface area (Å²) in [6, 6.07) is 22.9. The summed E-state index contributed by atoms with van der Waals surface area (Å²) < 4.78 is 23.5. The average molecular weight is 948 g/mol. The molecule has 0 spiro atoms. The molecule has 3 fully saturated rings. The number of hydrazone groups is 1. The molecule has 1 unspecified atom stereocenters. The number of anilines is 1. The van der Waals surface area contributed by atoms with E-state index in [1.165, 1.54) is 106 Å². The highest BCUT2D eigenvalue weighted by Gasteiger charge is 2.32. The summed E-state index contributed by atoms with van der Waals surface area (Å²) >= 11 is 1.85. The number of thioether (sulfide) groups is 1. The summed E-state index contributed by atoms with van der Waals surface area (Å²) in [5.74, 6) is 5.29. The van der Waals surface area contributed by atoms with Crippen LogP contribution in [0.1, 0.15) is 172 Å². The minimum atomic E-state index is -0.376. The number of hydrogen-bond acceptors (Lipinski definition) is 10. The fraction of sp³-hybridized carbons (Fsp3) is 0.603. The van der Waals surface area contributed by atoms with Crippen molar-refractivity contribution in [3.05, 3.63) is 90.5 Å². The molecule has 1 N–H and O–H groups in total. The van der Waals surface area contributed by atoms with Crippen molar-refractivity contribution >= 4 is 35.6 Å². The van der Waals surface area contributed by atoms with E-state index in [4.69, 9.17) is 24.0 Å². The Hall–Kier alpha value is -4.44. The zero-order valence-electron chi connectivity index (χ0n) is 41.4. The summed E-state index contributed by atoms with van der Waals surface area (Å²) in [5, 5.41) is 11.3. The monoisotopic (exact) mass is 948 g/mol. The van der Waals surface area contributed by atoms with Crippen molar-refractivity contribution in [2.24, 2.45) is 34.7 Å². The van der Waals surface area contributed by atoms with Crippen LogP contribution in [0.5, 0.6) is 17.2 Å². The van der Waals surface area contributed by atoms with Crippen LogP contribution in [0.25, 0.3) is 0 Å². The Kier molecular flexibility index (Phi) is 20.9. The average Bonchev–Trinajstić information content (AvgIpc) is 3.82. The molecule has 3 aliphatic carbocycles. The van der Waals surface area contributed by atoms with Crippen LogP contribution < -0.4 is 19.5 Å². The van der Waals surface area contributed by atoms with E-state index < -0.39 is 0 Å². The summed E-state index contributed by atoms with van der Waals surface area (Å²) in [6.45, 7) is 10.6. The third kappa shape index (κ3) is 15.8. The fourth-order valence-electron chi connectivity index (χ4n) is 11.1. The number of para-hydroxylation sites is 1. The molecular formula is C58H81N3O6S. The Morgan fingerprint density at radius 1 is 0.735 bits per heavy atom. The first-order chi connectivity index (χ1) is 33.4. The van der Waals surface area contributed by atoms with Crippen molar-refractivity contribution in [3.63, 3.8) is 0 Å².